The summed E-state index contributed by atoms with van der Waals surface area (Å²) < 4.78 is 0. The SMILES string of the molecule is CC(C)N1CCN(CCN2CCN(C(C)C)C2)C1. The van der Waals surface area contributed by atoms with Crippen molar-refractivity contribution in [3.8, 4) is 0 Å². The summed E-state index contributed by atoms with van der Waals surface area (Å²) in [5.41, 5.74) is 0. The zero-order valence-corrected chi connectivity index (χ0v) is 12.6. The highest BCUT2D eigenvalue weighted by atomic mass is 15.4. The van der Waals surface area contributed by atoms with E-state index in [1.165, 1.54) is 52.6 Å². The predicted octanol–water partition coefficient (Wildman–Crippen LogP) is 0.953. The van der Waals surface area contributed by atoms with E-state index in [0.29, 0.717) is 12.1 Å². The number of nitrogens with zero attached hydrogens (tertiary/aromatic N) is 4. The molecule has 2 rings (SSSR count). The average molecular weight is 254 g/mol. The van der Waals surface area contributed by atoms with Crippen molar-refractivity contribution < 1.29 is 0 Å². The van der Waals surface area contributed by atoms with Crippen LogP contribution < -0.4 is 0 Å². The molecule has 0 unspecified atom stereocenters. The Kier molecular flexibility index (Phi) is 5.01. The fourth-order valence-corrected chi connectivity index (χ4v) is 2.83. The monoisotopic (exact) mass is 254 g/mol. The van der Waals surface area contributed by atoms with Gasteiger partial charge in [0.05, 0.1) is 13.3 Å². The lowest BCUT2D eigenvalue weighted by Gasteiger charge is -2.24. The second-order valence-electron chi connectivity index (χ2n) is 6.33. The van der Waals surface area contributed by atoms with Gasteiger partial charge in [0.2, 0.25) is 0 Å². The summed E-state index contributed by atoms with van der Waals surface area (Å²) in [4.78, 5) is 10.3. The van der Waals surface area contributed by atoms with Gasteiger partial charge in [-0.15, -0.1) is 0 Å². The van der Waals surface area contributed by atoms with Crippen LogP contribution in [0.1, 0.15) is 27.7 Å². The predicted molar refractivity (Wildman–Crippen MR) is 76.6 cm³/mol. The Bertz CT molecular complexity index is 228. The van der Waals surface area contributed by atoms with Crippen molar-refractivity contribution in [2.75, 3.05) is 52.6 Å². The molecule has 2 aliphatic heterocycles. The second kappa shape index (κ2) is 6.33. The van der Waals surface area contributed by atoms with Gasteiger partial charge in [0.15, 0.2) is 0 Å². The molecule has 106 valence electrons. The van der Waals surface area contributed by atoms with Crippen LogP contribution in [0.2, 0.25) is 0 Å². The molecule has 0 amide bonds. The molecular weight excluding hydrogens is 224 g/mol. The van der Waals surface area contributed by atoms with Crippen LogP contribution in [-0.4, -0.2) is 84.3 Å². The largest absolute Gasteiger partial charge is 0.288 e. The van der Waals surface area contributed by atoms with Gasteiger partial charge in [-0.25, -0.2) is 0 Å². The van der Waals surface area contributed by atoms with E-state index < -0.39 is 0 Å². The van der Waals surface area contributed by atoms with Crippen LogP contribution in [0.15, 0.2) is 0 Å². The molecule has 0 atom stereocenters. The summed E-state index contributed by atoms with van der Waals surface area (Å²) in [5.74, 6) is 0. The summed E-state index contributed by atoms with van der Waals surface area (Å²) in [5, 5.41) is 0. The summed E-state index contributed by atoms with van der Waals surface area (Å²) in [6, 6.07) is 1.39. The van der Waals surface area contributed by atoms with Gasteiger partial charge in [0.25, 0.3) is 0 Å². The first-order valence-electron chi connectivity index (χ1n) is 7.49. The molecule has 2 fully saturated rings. The Morgan fingerprint density at radius 3 is 1.33 bits per heavy atom. The Morgan fingerprint density at radius 1 is 0.667 bits per heavy atom. The standard InChI is InChI=1S/C14H30N4/c1-13(2)17-9-7-15(11-17)5-6-16-8-10-18(12-16)14(3)4/h13-14H,5-12H2,1-4H3. The van der Waals surface area contributed by atoms with Gasteiger partial charge in [-0.1, -0.05) is 0 Å². The van der Waals surface area contributed by atoms with Crippen molar-refractivity contribution >= 4 is 0 Å². The van der Waals surface area contributed by atoms with Crippen LogP contribution >= 0.6 is 0 Å². The summed E-state index contributed by atoms with van der Waals surface area (Å²) in [6.07, 6.45) is 0. The van der Waals surface area contributed by atoms with Crippen molar-refractivity contribution in [2.45, 2.75) is 39.8 Å². The fraction of sp³-hybridized carbons (Fsp3) is 1.00. The van der Waals surface area contributed by atoms with Gasteiger partial charge in [-0.3, -0.25) is 19.6 Å². The second-order valence-corrected chi connectivity index (χ2v) is 6.33. The fourth-order valence-electron chi connectivity index (χ4n) is 2.83. The highest BCUT2D eigenvalue weighted by Crippen LogP contribution is 2.11. The molecule has 0 N–H and O–H groups in total. The molecule has 0 radical (unpaired) electrons. The van der Waals surface area contributed by atoms with Gasteiger partial charge in [-0.05, 0) is 27.7 Å². The first kappa shape index (κ1) is 14.3. The molecule has 0 bridgehead atoms. The lowest BCUT2D eigenvalue weighted by Crippen LogP contribution is -2.37. The normalized spacial score (nSPS) is 25.0. The van der Waals surface area contributed by atoms with E-state index in [-0.39, 0.29) is 0 Å². The van der Waals surface area contributed by atoms with E-state index in [0.717, 1.165) is 0 Å². The van der Waals surface area contributed by atoms with E-state index in [1.54, 1.807) is 0 Å². The molecule has 4 heteroatoms. The summed E-state index contributed by atoms with van der Waals surface area (Å²) in [6.45, 7) is 19.0. The minimum Gasteiger partial charge on any atom is -0.288 e. The maximum absolute atomic E-state index is 2.60. The smallest absolute Gasteiger partial charge is 0.0510 e. The van der Waals surface area contributed by atoms with E-state index in [2.05, 4.69) is 47.3 Å². The molecule has 4 nitrogen and oxygen atoms in total. The molecule has 0 spiro atoms. The maximum Gasteiger partial charge on any atom is 0.0510 e. The van der Waals surface area contributed by atoms with E-state index in [9.17, 15) is 0 Å². The van der Waals surface area contributed by atoms with E-state index >= 15 is 0 Å². The zero-order chi connectivity index (χ0) is 13.1. The molecule has 2 heterocycles. The third-order valence-electron chi connectivity index (χ3n) is 4.36. The highest BCUT2D eigenvalue weighted by molar-refractivity contribution is 4.77. The molecule has 2 aliphatic rings. The van der Waals surface area contributed by atoms with Crippen LogP contribution in [0.25, 0.3) is 0 Å². The van der Waals surface area contributed by atoms with Crippen molar-refractivity contribution in [1.29, 1.82) is 0 Å². The Hall–Kier alpha value is -0.160. The third-order valence-corrected chi connectivity index (χ3v) is 4.36. The molecule has 0 aromatic heterocycles. The van der Waals surface area contributed by atoms with Crippen LogP contribution in [0.3, 0.4) is 0 Å². The van der Waals surface area contributed by atoms with Gasteiger partial charge in [-0.2, -0.15) is 0 Å². The quantitative estimate of drug-likeness (QED) is 0.724. The first-order chi connectivity index (χ1) is 8.56. The molecule has 0 aromatic carbocycles. The van der Waals surface area contributed by atoms with Gasteiger partial charge in [0, 0.05) is 51.4 Å². The Morgan fingerprint density at radius 2 is 1.06 bits per heavy atom. The Balaban J connectivity index is 1.65. The Labute approximate surface area is 113 Å². The topological polar surface area (TPSA) is 13.0 Å². The first-order valence-corrected chi connectivity index (χ1v) is 7.49. The van der Waals surface area contributed by atoms with Crippen LogP contribution in [0.5, 0.6) is 0 Å². The molecule has 0 aromatic rings. The van der Waals surface area contributed by atoms with Gasteiger partial charge in [0.1, 0.15) is 0 Å². The van der Waals surface area contributed by atoms with Crippen molar-refractivity contribution in [3.05, 3.63) is 0 Å². The van der Waals surface area contributed by atoms with Gasteiger partial charge >= 0.3 is 0 Å². The van der Waals surface area contributed by atoms with Crippen molar-refractivity contribution in [1.82, 2.24) is 19.6 Å². The molecule has 2 saturated heterocycles. The molecule has 0 saturated carbocycles. The summed E-state index contributed by atoms with van der Waals surface area (Å²) >= 11 is 0. The number of rotatable bonds is 5. The number of hydrogen-bond acceptors (Lipinski definition) is 4. The lowest BCUT2D eigenvalue weighted by atomic mass is 10.3. The minimum absolute atomic E-state index is 0.693. The third kappa shape index (κ3) is 3.67. The van der Waals surface area contributed by atoms with Crippen LogP contribution in [0, 0.1) is 0 Å². The van der Waals surface area contributed by atoms with Crippen molar-refractivity contribution in [3.63, 3.8) is 0 Å². The summed E-state index contributed by atoms with van der Waals surface area (Å²) in [7, 11) is 0. The molecular formula is C14H30N4. The lowest BCUT2D eigenvalue weighted by molar-refractivity contribution is 0.174. The van der Waals surface area contributed by atoms with Crippen LogP contribution in [-0.2, 0) is 0 Å². The minimum atomic E-state index is 0.693. The van der Waals surface area contributed by atoms with E-state index in [1.807, 2.05) is 0 Å². The molecule has 0 aliphatic carbocycles. The van der Waals surface area contributed by atoms with Crippen LogP contribution in [0.4, 0.5) is 0 Å². The van der Waals surface area contributed by atoms with Gasteiger partial charge < -0.3 is 0 Å². The zero-order valence-electron chi connectivity index (χ0n) is 12.6. The maximum atomic E-state index is 2.60. The number of hydrogen-bond donors (Lipinski definition) is 0. The van der Waals surface area contributed by atoms with Crippen molar-refractivity contribution in [2.24, 2.45) is 0 Å². The highest BCUT2D eigenvalue weighted by Gasteiger charge is 2.24. The average Bonchev–Trinajstić information content (AvgIpc) is 2.95. The molecule has 18 heavy (non-hydrogen) atoms. The van der Waals surface area contributed by atoms with E-state index in [4.69, 9.17) is 0 Å².